The highest BCUT2D eigenvalue weighted by atomic mass is 35.5. The Bertz CT molecular complexity index is 448. The Kier molecular flexibility index (Phi) is 2.63. The number of rotatable bonds is 1. The fourth-order valence-electron chi connectivity index (χ4n) is 1.07. The molecular formula is C9H6Cl2N2S. The summed E-state index contributed by atoms with van der Waals surface area (Å²) in [5, 5.41) is 1.79. The normalized spacial score (nSPS) is 10.4. The Morgan fingerprint density at radius 1 is 1.21 bits per heavy atom. The van der Waals surface area contributed by atoms with Crippen LogP contribution in [-0.4, -0.2) is 4.98 Å². The van der Waals surface area contributed by atoms with Gasteiger partial charge in [0, 0.05) is 22.8 Å². The molecule has 0 aliphatic carbocycles. The van der Waals surface area contributed by atoms with E-state index in [1.54, 1.807) is 12.4 Å². The molecular weight excluding hydrogens is 239 g/mol. The molecule has 2 nitrogen and oxygen atoms in total. The van der Waals surface area contributed by atoms with Crippen molar-refractivity contribution in [2.45, 2.75) is 0 Å². The molecule has 0 amide bonds. The third-order valence-electron chi connectivity index (χ3n) is 1.70. The van der Waals surface area contributed by atoms with Crippen molar-refractivity contribution in [3.8, 4) is 10.4 Å². The van der Waals surface area contributed by atoms with Crippen LogP contribution in [0.15, 0.2) is 24.5 Å². The van der Waals surface area contributed by atoms with Gasteiger partial charge >= 0.3 is 0 Å². The molecule has 2 aromatic rings. The predicted molar refractivity (Wildman–Crippen MR) is 62.0 cm³/mol. The van der Waals surface area contributed by atoms with Gasteiger partial charge in [0.05, 0.1) is 10.0 Å². The minimum atomic E-state index is 0.574. The van der Waals surface area contributed by atoms with Crippen LogP contribution in [0, 0.1) is 0 Å². The van der Waals surface area contributed by atoms with Crippen LogP contribution in [0.3, 0.4) is 0 Å². The molecule has 0 aliphatic heterocycles. The second kappa shape index (κ2) is 3.77. The number of halogens is 2. The summed E-state index contributed by atoms with van der Waals surface area (Å²) in [5.41, 5.74) is 6.58. The molecule has 14 heavy (non-hydrogen) atoms. The summed E-state index contributed by atoms with van der Waals surface area (Å²) in [6, 6.07) is 3.64. The molecule has 0 spiro atoms. The lowest BCUT2D eigenvalue weighted by molar-refractivity contribution is 1.33. The molecule has 0 aromatic carbocycles. The lowest BCUT2D eigenvalue weighted by Gasteiger charge is -1.95. The predicted octanol–water partition coefficient (Wildman–Crippen LogP) is 3.70. The van der Waals surface area contributed by atoms with E-state index in [4.69, 9.17) is 28.9 Å². The number of hydrogen-bond acceptors (Lipinski definition) is 3. The molecule has 0 aliphatic rings. The van der Waals surface area contributed by atoms with E-state index in [0.717, 1.165) is 10.4 Å². The summed E-state index contributed by atoms with van der Waals surface area (Å²) in [5.74, 6) is 0. The Labute approximate surface area is 95.3 Å². The first-order valence-corrected chi connectivity index (χ1v) is 5.40. The van der Waals surface area contributed by atoms with Crippen molar-refractivity contribution in [2.75, 3.05) is 5.73 Å². The van der Waals surface area contributed by atoms with Crippen molar-refractivity contribution in [3.05, 3.63) is 34.6 Å². The average Bonchev–Trinajstić information content (AvgIpc) is 2.47. The number of nitrogens with zero attached hydrogens (tertiary/aromatic N) is 1. The maximum absolute atomic E-state index is 5.85. The van der Waals surface area contributed by atoms with Crippen LogP contribution >= 0.6 is 34.5 Å². The van der Waals surface area contributed by atoms with Gasteiger partial charge in [0.25, 0.3) is 0 Å². The van der Waals surface area contributed by atoms with E-state index in [9.17, 15) is 0 Å². The van der Waals surface area contributed by atoms with Gasteiger partial charge in [0.1, 0.15) is 5.00 Å². The molecule has 2 aromatic heterocycles. The number of pyridine rings is 1. The standard InChI is InChI=1S/C9H6Cl2N2S/c10-6-1-5(3-13-4-6)8-2-7(11)9(12)14-8/h1-4H,12H2. The number of anilines is 1. The number of hydrogen-bond donors (Lipinski definition) is 1. The first-order valence-electron chi connectivity index (χ1n) is 3.82. The van der Waals surface area contributed by atoms with Gasteiger partial charge in [-0.25, -0.2) is 0 Å². The summed E-state index contributed by atoms with van der Waals surface area (Å²) in [4.78, 5) is 4.96. The number of aromatic nitrogens is 1. The van der Waals surface area contributed by atoms with E-state index in [-0.39, 0.29) is 0 Å². The van der Waals surface area contributed by atoms with Crippen LogP contribution in [-0.2, 0) is 0 Å². The van der Waals surface area contributed by atoms with Crippen LogP contribution < -0.4 is 5.73 Å². The summed E-state index contributed by atoms with van der Waals surface area (Å²) in [6.45, 7) is 0. The maximum atomic E-state index is 5.85. The smallest absolute Gasteiger partial charge is 0.105 e. The fourth-order valence-corrected chi connectivity index (χ4v) is 2.33. The molecule has 0 saturated carbocycles. The number of nitrogens with two attached hydrogens (primary N) is 1. The third kappa shape index (κ3) is 1.85. The Hall–Kier alpha value is -0.770. The first-order chi connectivity index (χ1) is 6.66. The van der Waals surface area contributed by atoms with Crippen LogP contribution in [0.2, 0.25) is 10.0 Å². The topological polar surface area (TPSA) is 38.9 Å². The van der Waals surface area contributed by atoms with Crippen molar-refractivity contribution in [1.29, 1.82) is 0 Å². The maximum Gasteiger partial charge on any atom is 0.105 e. The van der Waals surface area contributed by atoms with Crippen molar-refractivity contribution in [1.82, 2.24) is 4.98 Å². The van der Waals surface area contributed by atoms with Crippen molar-refractivity contribution >= 4 is 39.5 Å². The van der Waals surface area contributed by atoms with E-state index in [1.807, 2.05) is 12.1 Å². The second-order valence-corrected chi connectivity index (χ2v) is 4.64. The summed E-state index contributed by atoms with van der Waals surface area (Å²) >= 11 is 13.1. The summed E-state index contributed by atoms with van der Waals surface area (Å²) < 4.78 is 0. The molecule has 0 saturated heterocycles. The zero-order valence-electron chi connectivity index (χ0n) is 7.00. The first kappa shape index (κ1) is 9.77. The van der Waals surface area contributed by atoms with Gasteiger partial charge in [-0.05, 0) is 12.1 Å². The minimum Gasteiger partial charge on any atom is -0.389 e. The molecule has 0 bridgehead atoms. The van der Waals surface area contributed by atoms with Gasteiger partial charge in [0.2, 0.25) is 0 Å². The Balaban J connectivity index is 2.49. The van der Waals surface area contributed by atoms with Gasteiger partial charge in [-0.15, -0.1) is 11.3 Å². The molecule has 5 heteroatoms. The van der Waals surface area contributed by atoms with Gasteiger partial charge in [-0.2, -0.15) is 0 Å². The fraction of sp³-hybridized carbons (Fsp3) is 0. The van der Waals surface area contributed by atoms with E-state index in [2.05, 4.69) is 4.98 Å². The average molecular weight is 245 g/mol. The lowest BCUT2D eigenvalue weighted by Crippen LogP contribution is -1.76. The van der Waals surface area contributed by atoms with Crippen LogP contribution in [0.5, 0.6) is 0 Å². The van der Waals surface area contributed by atoms with Crippen molar-refractivity contribution < 1.29 is 0 Å². The molecule has 0 atom stereocenters. The summed E-state index contributed by atoms with van der Waals surface area (Å²) in [7, 11) is 0. The van der Waals surface area contributed by atoms with E-state index >= 15 is 0 Å². The number of nitrogen functional groups attached to an aromatic ring is 1. The zero-order chi connectivity index (χ0) is 10.1. The minimum absolute atomic E-state index is 0.574. The van der Waals surface area contributed by atoms with Gasteiger partial charge < -0.3 is 5.73 Å². The third-order valence-corrected chi connectivity index (χ3v) is 3.35. The molecule has 2 N–H and O–H groups in total. The zero-order valence-corrected chi connectivity index (χ0v) is 9.33. The van der Waals surface area contributed by atoms with E-state index in [0.29, 0.717) is 15.0 Å². The Morgan fingerprint density at radius 2 is 2.00 bits per heavy atom. The lowest BCUT2D eigenvalue weighted by atomic mass is 10.2. The van der Waals surface area contributed by atoms with E-state index < -0.39 is 0 Å². The molecule has 0 fully saturated rings. The molecule has 72 valence electrons. The highest BCUT2D eigenvalue weighted by Crippen LogP contribution is 2.36. The van der Waals surface area contributed by atoms with Crippen LogP contribution in [0.25, 0.3) is 10.4 Å². The van der Waals surface area contributed by atoms with Gasteiger partial charge in [-0.3, -0.25) is 4.98 Å². The van der Waals surface area contributed by atoms with Crippen molar-refractivity contribution in [3.63, 3.8) is 0 Å². The van der Waals surface area contributed by atoms with E-state index in [1.165, 1.54) is 11.3 Å². The van der Waals surface area contributed by atoms with Crippen LogP contribution in [0.4, 0.5) is 5.00 Å². The monoisotopic (exact) mass is 244 g/mol. The summed E-state index contributed by atoms with van der Waals surface area (Å²) in [6.07, 6.45) is 3.32. The largest absolute Gasteiger partial charge is 0.389 e. The van der Waals surface area contributed by atoms with Crippen LogP contribution in [0.1, 0.15) is 0 Å². The van der Waals surface area contributed by atoms with Gasteiger partial charge in [0.15, 0.2) is 0 Å². The quantitative estimate of drug-likeness (QED) is 0.831. The second-order valence-electron chi connectivity index (χ2n) is 2.71. The molecule has 2 rings (SSSR count). The highest BCUT2D eigenvalue weighted by Gasteiger charge is 2.06. The SMILES string of the molecule is Nc1sc(-c2cncc(Cl)c2)cc1Cl. The van der Waals surface area contributed by atoms with Gasteiger partial charge in [-0.1, -0.05) is 23.2 Å². The highest BCUT2D eigenvalue weighted by molar-refractivity contribution is 7.19. The van der Waals surface area contributed by atoms with Crippen molar-refractivity contribution in [2.24, 2.45) is 0 Å². The molecule has 0 unspecified atom stereocenters. The Morgan fingerprint density at radius 3 is 2.57 bits per heavy atom. The molecule has 2 heterocycles. The molecule has 0 radical (unpaired) electrons. The number of thiophene rings is 1.